The molecule has 2 saturated heterocycles. The molecule has 0 unspecified atom stereocenters. The van der Waals surface area contributed by atoms with E-state index < -0.39 is 0 Å². The van der Waals surface area contributed by atoms with Crippen LogP contribution in [0, 0.1) is 5.92 Å². The van der Waals surface area contributed by atoms with Crippen molar-refractivity contribution in [3.63, 3.8) is 0 Å². The fourth-order valence-corrected chi connectivity index (χ4v) is 4.03. The number of anilines is 1. The third kappa shape index (κ3) is 4.67. The van der Waals surface area contributed by atoms with Gasteiger partial charge < -0.3 is 15.0 Å². The summed E-state index contributed by atoms with van der Waals surface area (Å²) in [5.41, 5.74) is 0.756. The molecule has 0 spiro atoms. The van der Waals surface area contributed by atoms with Gasteiger partial charge in [-0.05, 0) is 25.0 Å². The third-order valence-electron chi connectivity index (χ3n) is 5.74. The highest BCUT2D eigenvalue weighted by atomic mass is 16.5. The largest absolute Gasteiger partial charge is 0.379 e. The van der Waals surface area contributed by atoms with E-state index in [1.165, 1.54) is 0 Å². The Kier molecular flexibility index (Phi) is 6.25. The second-order valence-corrected chi connectivity index (χ2v) is 8.20. The molecule has 0 aliphatic carbocycles. The lowest BCUT2D eigenvalue weighted by Crippen LogP contribution is -2.46. The molecule has 29 heavy (non-hydrogen) atoms. The van der Waals surface area contributed by atoms with Crippen LogP contribution < -0.4 is 10.2 Å². The van der Waals surface area contributed by atoms with Crippen LogP contribution in [-0.4, -0.2) is 83.1 Å². The summed E-state index contributed by atoms with van der Waals surface area (Å²) < 4.78 is 7.19. The summed E-state index contributed by atoms with van der Waals surface area (Å²) in [4.78, 5) is 17.2. The first kappa shape index (κ1) is 20.0. The van der Waals surface area contributed by atoms with E-state index in [1.807, 2.05) is 16.6 Å². The lowest BCUT2D eigenvalue weighted by atomic mass is 9.97. The maximum absolute atomic E-state index is 12.7. The highest BCUT2D eigenvalue weighted by molar-refractivity contribution is 5.79. The predicted molar refractivity (Wildman–Crippen MR) is 110 cm³/mol. The standard InChI is InChI=1S/C20H31N7O2/c1-15(2)19-23-22-17-5-6-18(24-27(17)19)26-8-3-4-16(14-26)20(28)21-7-9-25-10-12-29-13-11-25/h5-6,15-16H,3-4,7-14H2,1-2H3,(H,21,28)/t16-/m1/s1. The van der Waals surface area contributed by atoms with Crippen LogP contribution in [0.2, 0.25) is 0 Å². The average molecular weight is 402 g/mol. The topological polar surface area (TPSA) is 87.9 Å². The maximum atomic E-state index is 12.7. The smallest absolute Gasteiger partial charge is 0.224 e. The zero-order valence-electron chi connectivity index (χ0n) is 17.4. The first-order valence-electron chi connectivity index (χ1n) is 10.7. The minimum Gasteiger partial charge on any atom is -0.379 e. The van der Waals surface area contributed by atoms with Crippen LogP contribution in [0.5, 0.6) is 0 Å². The molecule has 1 atom stereocenters. The second kappa shape index (κ2) is 9.04. The molecular formula is C20H31N7O2. The van der Waals surface area contributed by atoms with E-state index in [0.717, 1.165) is 69.5 Å². The second-order valence-electron chi connectivity index (χ2n) is 8.20. The fourth-order valence-electron chi connectivity index (χ4n) is 4.03. The monoisotopic (exact) mass is 401 g/mol. The van der Waals surface area contributed by atoms with Crippen LogP contribution in [0.1, 0.15) is 38.4 Å². The van der Waals surface area contributed by atoms with E-state index in [0.29, 0.717) is 13.1 Å². The number of hydrogen-bond acceptors (Lipinski definition) is 7. The highest BCUT2D eigenvalue weighted by Gasteiger charge is 2.27. The molecule has 0 radical (unpaired) electrons. The number of fused-ring (bicyclic) bond motifs is 1. The molecule has 0 bridgehead atoms. The van der Waals surface area contributed by atoms with Gasteiger partial charge in [-0.2, -0.15) is 4.52 Å². The van der Waals surface area contributed by atoms with Crippen molar-refractivity contribution in [2.24, 2.45) is 5.92 Å². The first-order valence-corrected chi connectivity index (χ1v) is 10.7. The zero-order chi connectivity index (χ0) is 20.2. The minimum atomic E-state index is -0.00332. The van der Waals surface area contributed by atoms with Gasteiger partial charge in [-0.3, -0.25) is 9.69 Å². The number of aromatic nitrogens is 4. The predicted octanol–water partition coefficient (Wildman–Crippen LogP) is 0.913. The normalized spacial score (nSPS) is 21.1. The SMILES string of the molecule is CC(C)c1nnc2ccc(N3CCC[C@@H](C(=O)NCCN4CCOCC4)C3)nn12. The summed E-state index contributed by atoms with van der Waals surface area (Å²) in [5, 5.41) is 16.3. The van der Waals surface area contributed by atoms with E-state index in [1.54, 1.807) is 0 Å². The van der Waals surface area contributed by atoms with Gasteiger partial charge in [-0.1, -0.05) is 13.8 Å². The van der Waals surface area contributed by atoms with E-state index in [4.69, 9.17) is 9.84 Å². The number of nitrogens with one attached hydrogen (secondary N) is 1. The molecule has 2 fully saturated rings. The molecular weight excluding hydrogens is 370 g/mol. The van der Waals surface area contributed by atoms with Crippen molar-refractivity contribution in [3.8, 4) is 0 Å². The molecule has 0 aromatic carbocycles. The van der Waals surface area contributed by atoms with Crippen LogP contribution in [0.15, 0.2) is 12.1 Å². The summed E-state index contributed by atoms with van der Waals surface area (Å²) in [6.07, 6.45) is 1.91. The minimum absolute atomic E-state index is 0.00332. The van der Waals surface area contributed by atoms with Gasteiger partial charge in [0.2, 0.25) is 5.91 Å². The van der Waals surface area contributed by atoms with Crippen molar-refractivity contribution in [1.29, 1.82) is 0 Å². The van der Waals surface area contributed by atoms with Gasteiger partial charge in [-0.25, -0.2) is 0 Å². The summed E-state index contributed by atoms with van der Waals surface area (Å²) in [7, 11) is 0. The number of amides is 1. The molecule has 2 aliphatic heterocycles. The number of hydrogen-bond donors (Lipinski definition) is 1. The quantitative estimate of drug-likeness (QED) is 0.770. The number of rotatable bonds is 6. The Balaban J connectivity index is 1.35. The molecule has 2 aromatic heterocycles. The molecule has 1 amide bonds. The Hall–Kier alpha value is -2.26. The molecule has 158 valence electrons. The molecule has 4 rings (SSSR count). The molecule has 2 aromatic rings. The van der Waals surface area contributed by atoms with E-state index in [2.05, 4.69) is 39.2 Å². The number of carbonyl (C=O) groups is 1. The summed E-state index contributed by atoms with van der Waals surface area (Å²) >= 11 is 0. The average Bonchev–Trinajstić information content (AvgIpc) is 3.18. The van der Waals surface area contributed by atoms with Gasteiger partial charge in [0.25, 0.3) is 0 Å². The van der Waals surface area contributed by atoms with Crippen molar-refractivity contribution in [2.75, 3.05) is 57.4 Å². The van der Waals surface area contributed by atoms with E-state index in [9.17, 15) is 4.79 Å². The Morgan fingerprint density at radius 1 is 1.24 bits per heavy atom. The van der Waals surface area contributed by atoms with Gasteiger partial charge in [0, 0.05) is 45.2 Å². The number of morpholine rings is 1. The third-order valence-corrected chi connectivity index (χ3v) is 5.74. The number of carbonyl (C=O) groups excluding carboxylic acids is 1. The van der Waals surface area contributed by atoms with Crippen molar-refractivity contribution in [2.45, 2.75) is 32.6 Å². The summed E-state index contributed by atoms with van der Waals surface area (Å²) in [5.74, 6) is 2.13. The zero-order valence-corrected chi connectivity index (χ0v) is 17.4. The van der Waals surface area contributed by atoms with Gasteiger partial charge in [0.05, 0.1) is 19.1 Å². The van der Waals surface area contributed by atoms with Gasteiger partial charge in [0.1, 0.15) is 5.82 Å². The number of ether oxygens (including phenoxy) is 1. The Morgan fingerprint density at radius 2 is 2.07 bits per heavy atom. The summed E-state index contributed by atoms with van der Waals surface area (Å²) in [6, 6.07) is 3.93. The van der Waals surface area contributed by atoms with Crippen LogP contribution >= 0.6 is 0 Å². The summed E-state index contributed by atoms with van der Waals surface area (Å²) in [6.45, 7) is 10.8. The molecule has 4 heterocycles. The van der Waals surface area contributed by atoms with Gasteiger partial charge >= 0.3 is 0 Å². The Bertz CT molecular complexity index is 831. The molecule has 2 aliphatic rings. The van der Waals surface area contributed by atoms with Crippen molar-refractivity contribution < 1.29 is 9.53 Å². The Labute approximate surface area is 171 Å². The first-order chi connectivity index (χ1) is 14.1. The number of nitrogens with zero attached hydrogens (tertiary/aromatic N) is 6. The molecule has 0 saturated carbocycles. The van der Waals surface area contributed by atoms with Crippen LogP contribution in [0.25, 0.3) is 5.65 Å². The molecule has 9 nitrogen and oxygen atoms in total. The molecule has 9 heteroatoms. The highest BCUT2D eigenvalue weighted by Crippen LogP contribution is 2.23. The van der Waals surface area contributed by atoms with Crippen molar-refractivity contribution in [1.82, 2.24) is 30.0 Å². The van der Waals surface area contributed by atoms with Crippen LogP contribution in [-0.2, 0) is 9.53 Å². The van der Waals surface area contributed by atoms with Crippen molar-refractivity contribution in [3.05, 3.63) is 18.0 Å². The van der Waals surface area contributed by atoms with Crippen LogP contribution in [0.4, 0.5) is 5.82 Å². The van der Waals surface area contributed by atoms with E-state index >= 15 is 0 Å². The Morgan fingerprint density at radius 3 is 2.86 bits per heavy atom. The maximum Gasteiger partial charge on any atom is 0.224 e. The fraction of sp³-hybridized carbons (Fsp3) is 0.700. The van der Waals surface area contributed by atoms with Crippen molar-refractivity contribution >= 4 is 17.4 Å². The molecule has 1 N–H and O–H groups in total. The van der Waals surface area contributed by atoms with Gasteiger partial charge in [0.15, 0.2) is 11.5 Å². The van der Waals surface area contributed by atoms with Crippen LogP contribution in [0.3, 0.4) is 0 Å². The van der Waals surface area contributed by atoms with E-state index in [-0.39, 0.29) is 17.7 Å². The lowest BCUT2D eigenvalue weighted by Gasteiger charge is -2.33. The van der Waals surface area contributed by atoms with Gasteiger partial charge in [-0.15, -0.1) is 15.3 Å². The lowest BCUT2D eigenvalue weighted by molar-refractivity contribution is -0.125. The number of piperidine rings is 1.